The van der Waals surface area contributed by atoms with Gasteiger partial charge in [0.25, 0.3) is 17.8 Å². The summed E-state index contributed by atoms with van der Waals surface area (Å²) in [6.07, 6.45) is 3.40. The number of aliphatic hydroxyl groups is 3. The zero-order valence-corrected chi connectivity index (χ0v) is 59.7. The molecule has 0 bridgehead atoms. The molecule has 6 atom stereocenters. The third kappa shape index (κ3) is 17.9. The molecule has 6 aromatic rings. The molecule has 12 rings (SSSR count). The first-order chi connectivity index (χ1) is 47.8. The van der Waals surface area contributed by atoms with Crippen LogP contribution in [0.4, 0.5) is 35.1 Å². The zero-order valence-electron chi connectivity index (χ0n) is 53.3. The molecule has 3 aromatic heterocycles. The van der Waals surface area contributed by atoms with Crippen LogP contribution in [-0.4, -0.2) is 196 Å². The van der Waals surface area contributed by atoms with Crippen molar-refractivity contribution < 1.29 is 79.0 Å². The maximum atomic E-state index is 14.1. The Morgan fingerprint density at radius 3 is 1.19 bits per heavy atom. The molecule has 6 aliphatic heterocycles. The van der Waals surface area contributed by atoms with Crippen LogP contribution in [0.2, 0.25) is 5.02 Å². The molecule has 0 saturated carbocycles. The van der Waals surface area contributed by atoms with E-state index in [1.807, 2.05) is 0 Å². The minimum Gasteiger partial charge on any atom is -0.466 e. The number of amidine groups is 3. The Bertz CT molecular complexity index is 4140. The van der Waals surface area contributed by atoms with Gasteiger partial charge < -0.3 is 45.5 Å². The van der Waals surface area contributed by atoms with E-state index in [9.17, 15) is 64.8 Å². The Morgan fingerprint density at radius 1 is 0.550 bits per heavy atom. The number of likely N-dealkylation sites (tertiary alicyclic amines) is 3. The number of aliphatic hydroxyl groups excluding tert-OH is 3. The van der Waals surface area contributed by atoms with Crippen LogP contribution in [-0.2, 0) is 28.6 Å². The van der Waals surface area contributed by atoms with Crippen LogP contribution in [0, 0.1) is 11.6 Å². The number of carbonyl (C=O) groups is 3. The van der Waals surface area contributed by atoms with Crippen LogP contribution < -0.4 is 16.0 Å². The number of thiazole rings is 3. The number of nitrogens with zero attached hydrogens (tertiary/aromatic N) is 9. The maximum absolute atomic E-state index is 14.1. The lowest BCUT2D eigenvalue weighted by molar-refractivity contribution is -0.139. The lowest BCUT2D eigenvalue weighted by Crippen LogP contribution is -2.42. The first kappa shape index (κ1) is 75.7. The molecule has 0 radical (unpaired) electrons. The highest BCUT2D eigenvalue weighted by atomic mass is 79.9. The number of rotatable bonds is 20. The topological polar surface area (TPSA) is 261 Å². The molecular weight excluding hydrogens is 1540 g/mol. The zero-order chi connectivity index (χ0) is 71.8. The number of hydrogen-bond donors (Lipinski definition) is 6. The summed E-state index contributed by atoms with van der Waals surface area (Å²) in [5.74, 6) is -10.7. The van der Waals surface area contributed by atoms with Crippen LogP contribution >= 0.6 is 77.5 Å². The first-order valence-corrected chi connectivity index (χ1v) is 35.6. The largest absolute Gasteiger partial charge is 0.466 e. The number of aromatic nitrogens is 3. The van der Waals surface area contributed by atoms with Gasteiger partial charge >= 0.3 is 17.9 Å². The molecule has 0 spiro atoms. The minimum absolute atomic E-state index is 0.0275. The van der Waals surface area contributed by atoms with Crippen molar-refractivity contribution in [2.45, 2.75) is 87.1 Å². The van der Waals surface area contributed by atoms with Gasteiger partial charge in [-0.3, -0.25) is 29.7 Å². The Balaban J connectivity index is 0.000000162. The number of methoxy groups -OCH3 is 1. The third-order valence-corrected chi connectivity index (χ3v) is 20.6. The van der Waals surface area contributed by atoms with Gasteiger partial charge in [-0.25, -0.2) is 64.5 Å². The second-order valence-corrected chi connectivity index (χ2v) is 28.2. The number of benzene rings is 3. The summed E-state index contributed by atoms with van der Waals surface area (Å²) in [7, 11) is 1.21. The normalized spacial score (nSPS) is 22.7. The quantitative estimate of drug-likeness (QED) is 0.0236. The summed E-state index contributed by atoms with van der Waals surface area (Å²) in [4.78, 5) is 70.3. The molecule has 100 heavy (non-hydrogen) atoms. The van der Waals surface area contributed by atoms with Crippen molar-refractivity contribution >= 4 is 113 Å². The molecule has 3 fully saturated rings. The van der Waals surface area contributed by atoms with E-state index in [0.717, 1.165) is 0 Å². The molecule has 35 heteroatoms. The molecule has 3 aromatic carbocycles. The predicted molar refractivity (Wildman–Crippen MR) is 366 cm³/mol. The molecular formula is C65H65Br2ClF8N12O9S3. The fourth-order valence-electron chi connectivity index (χ4n) is 12.2. The van der Waals surface area contributed by atoms with Gasteiger partial charge in [0, 0.05) is 128 Å². The Labute approximate surface area is 601 Å². The number of ether oxygens (including phenoxy) is 3. The van der Waals surface area contributed by atoms with Gasteiger partial charge in [0.2, 0.25) is 0 Å². The third-order valence-electron chi connectivity index (χ3n) is 16.6. The van der Waals surface area contributed by atoms with Gasteiger partial charge in [-0.05, 0) is 55.3 Å². The summed E-state index contributed by atoms with van der Waals surface area (Å²) in [5.41, 5.74) is 3.00. The molecule has 6 aliphatic rings. The summed E-state index contributed by atoms with van der Waals surface area (Å²) in [6, 6.07) is 10.1. The smallest absolute Gasteiger partial charge is 0.338 e. The lowest BCUT2D eigenvalue weighted by Gasteiger charge is -2.31. The van der Waals surface area contributed by atoms with E-state index in [-0.39, 0.29) is 49.6 Å². The van der Waals surface area contributed by atoms with Gasteiger partial charge in [-0.1, -0.05) is 73.8 Å². The molecule has 0 aliphatic carbocycles. The number of aliphatic imine (C=N–C) groups is 3. The highest BCUT2D eigenvalue weighted by Crippen LogP contribution is 2.43. The number of halogens is 11. The number of hydrogen-bond acceptors (Lipinski definition) is 24. The van der Waals surface area contributed by atoms with E-state index in [4.69, 9.17) is 30.8 Å². The van der Waals surface area contributed by atoms with Crippen molar-refractivity contribution in [3.8, 4) is 0 Å². The molecule has 0 amide bonds. The second-order valence-electron chi connectivity index (χ2n) is 23.4. The van der Waals surface area contributed by atoms with E-state index in [0.29, 0.717) is 80.3 Å². The molecule has 6 N–H and O–H groups in total. The van der Waals surface area contributed by atoms with Gasteiger partial charge in [-0.2, -0.15) is 0 Å². The van der Waals surface area contributed by atoms with Crippen LogP contribution in [0.15, 0.2) is 153 Å². The molecule has 534 valence electrons. The highest BCUT2D eigenvalue weighted by Gasteiger charge is 2.49. The van der Waals surface area contributed by atoms with Crippen molar-refractivity contribution in [1.29, 1.82) is 0 Å². The van der Waals surface area contributed by atoms with Crippen molar-refractivity contribution in [1.82, 2.24) is 45.6 Å². The SMILES string of the molecule is CCOC(=O)C1=C(CN2CC(F)(F)C[C@@H]2CO)NC(c2nccs2)=N[C@H]1c1ccc(F)cc1Br.CCOC(=O)C1=C(CN2CC(F)(F)C[C@H]2CO)NC(c2nccs2)=N[C@H]1c1ccccc1Cl.COC(=O)C1=C(CN2CC(F)(F)C[C@@H]2CO)NC(c2nccs2)=N[C@H]1c1ccc(F)cc1Br. The van der Waals surface area contributed by atoms with Crippen molar-refractivity contribution in [2.75, 3.05) is 79.4 Å². The van der Waals surface area contributed by atoms with Gasteiger partial charge in [-0.15, -0.1) is 34.0 Å². The monoisotopic (exact) mass is 1600 g/mol. The maximum Gasteiger partial charge on any atom is 0.338 e. The van der Waals surface area contributed by atoms with Crippen LogP contribution in [0.25, 0.3) is 0 Å². The van der Waals surface area contributed by atoms with Crippen molar-refractivity contribution in [3.63, 3.8) is 0 Å². The average molecular weight is 1600 g/mol. The Hall–Kier alpha value is -6.96. The second kappa shape index (κ2) is 33.0. The fourth-order valence-corrected chi connectivity index (χ4v) is 15.3. The van der Waals surface area contributed by atoms with E-state index in [1.54, 1.807) is 72.8 Å². The van der Waals surface area contributed by atoms with E-state index in [2.05, 4.69) is 72.7 Å². The van der Waals surface area contributed by atoms with Crippen molar-refractivity contribution in [2.24, 2.45) is 15.0 Å². The molecule has 21 nitrogen and oxygen atoms in total. The van der Waals surface area contributed by atoms with Gasteiger partial charge in [0.05, 0.1) is 76.5 Å². The number of carbonyl (C=O) groups excluding carboxylic acids is 3. The molecule has 9 heterocycles. The van der Waals surface area contributed by atoms with Gasteiger partial charge in [0.1, 0.15) is 29.8 Å². The molecule has 0 unspecified atom stereocenters. The van der Waals surface area contributed by atoms with Crippen molar-refractivity contribution in [3.05, 3.63) is 187 Å². The van der Waals surface area contributed by atoms with Crippen LogP contribution in [0.3, 0.4) is 0 Å². The summed E-state index contributed by atoms with van der Waals surface area (Å²) in [6.45, 7) is 0.427. The highest BCUT2D eigenvalue weighted by molar-refractivity contribution is 9.10. The van der Waals surface area contributed by atoms with E-state index in [1.165, 1.54) is 92.2 Å². The lowest BCUT2D eigenvalue weighted by atomic mass is 9.95. The Morgan fingerprint density at radius 2 is 0.890 bits per heavy atom. The predicted octanol–water partition coefficient (Wildman–Crippen LogP) is 10.3. The number of alkyl halides is 6. The fraction of sp³-hybridized carbons (Fsp3) is 0.400. The van der Waals surface area contributed by atoms with Gasteiger partial charge in [0.15, 0.2) is 32.5 Å². The summed E-state index contributed by atoms with van der Waals surface area (Å²) in [5, 5.41) is 45.6. The summed E-state index contributed by atoms with van der Waals surface area (Å²) >= 11 is 17.1. The van der Waals surface area contributed by atoms with Crippen LogP contribution in [0.1, 0.15) is 82.9 Å². The standard InChI is InChI=1S/C22H22BrF3N4O3S.C22H23ClF2N4O3S.C21H20BrF3N4O3S/c1-2-33-21(32)17-16(9-30-11-22(25,26)8-13(30)10-31)28-19(20-27-5-6-34-20)29-18(17)14-4-3-12(24)7-15(14)23;1-2-32-21(31)17-16(10-29-12-22(24,25)9-13(29)11-30)27-19(20-26-7-8-33-20)28-18(17)14-5-3-4-6-15(14)23;1-32-20(31)16-15(8-29-10-21(24,25)7-12(29)9-30)27-18(19-26-4-5-33-19)28-17(16)13-3-2-11(23)6-14(13)22/h3-7,13,18,31H,2,8-11H2,1H3,(H,28,29);3-8,13,18,30H,2,9-12H2,1H3,(H,27,28);2-6,12,17,30H,7-10H2,1H3,(H,27,28)/t13-,18+;13-,18-;12-,17+/m101/s1. The first-order valence-electron chi connectivity index (χ1n) is 31.0. The van der Waals surface area contributed by atoms with E-state index >= 15 is 0 Å². The number of esters is 3. The van der Waals surface area contributed by atoms with E-state index < -0.39 is 142 Å². The minimum atomic E-state index is -2.96. The number of nitrogens with one attached hydrogen (secondary N) is 3. The molecule has 3 saturated heterocycles. The summed E-state index contributed by atoms with van der Waals surface area (Å²) < 4.78 is 129. The Kier molecular flexibility index (Phi) is 25.0. The average Bonchev–Trinajstić information content (AvgIpc) is 1.16. The van der Waals surface area contributed by atoms with Crippen LogP contribution in [0.5, 0.6) is 0 Å².